The Balaban J connectivity index is 1.59. The van der Waals surface area contributed by atoms with Gasteiger partial charge >= 0.3 is 0 Å². The Morgan fingerprint density at radius 1 is 1.17 bits per heavy atom. The van der Waals surface area contributed by atoms with Gasteiger partial charge in [0, 0.05) is 29.1 Å². The predicted octanol–water partition coefficient (Wildman–Crippen LogP) is 4.17. The molecule has 0 fully saturated rings. The second-order valence-corrected chi connectivity index (χ2v) is 9.19. The lowest BCUT2D eigenvalue weighted by Crippen LogP contribution is -2.39. The van der Waals surface area contributed by atoms with Crippen LogP contribution in [-0.2, 0) is 14.4 Å². The molecule has 2 aromatic rings. The monoisotopic (exact) mass is 445 g/mol. The zero-order valence-corrected chi connectivity index (χ0v) is 18.9. The van der Waals surface area contributed by atoms with E-state index in [4.69, 9.17) is 11.6 Å². The second kappa shape index (κ2) is 9.10. The minimum Gasteiger partial charge on any atom is -0.336 e. The van der Waals surface area contributed by atoms with E-state index in [-0.39, 0.29) is 30.7 Å². The Kier molecular flexibility index (Phi) is 6.73. The lowest BCUT2D eigenvalue weighted by molar-refractivity contribution is -0.134. The van der Waals surface area contributed by atoms with Crippen molar-refractivity contribution in [1.82, 2.24) is 4.90 Å². The molecule has 30 heavy (non-hydrogen) atoms. The average molecular weight is 446 g/mol. The highest BCUT2D eigenvalue weighted by Gasteiger charge is 2.30. The number of anilines is 2. The van der Waals surface area contributed by atoms with Gasteiger partial charge in [0.1, 0.15) is 0 Å². The molecule has 1 heterocycles. The van der Waals surface area contributed by atoms with Crippen LogP contribution in [-0.4, -0.2) is 41.5 Å². The fourth-order valence-corrected chi connectivity index (χ4v) is 4.69. The number of aryl methyl sites for hydroxylation is 3. The smallest absolute Gasteiger partial charge is 0.243 e. The van der Waals surface area contributed by atoms with Crippen LogP contribution < -0.4 is 10.6 Å². The van der Waals surface area contributed by atoms with Gasteiger partial charge in [0.25, 0.3) is 0 Å². The minimum atomic E-state index is -0.557. The topological polar surface area (TPSA) is 78.5 Å². The maximum absolute atomic E-state index is 12.6. The van der Waals surface area contributed by atoms with E-state index >= 15 is 0 Å². The molecule has 0 aliphatic carbocycles. The van der Waals surface area contributed by atoms with E-state index < -0.39 is 5.25 Å². The molecule has 0 saturated carbocycles. The number of benzene rings is 2. The van der Waals surface area contributed by atoms with Crippen LogP contribution in [0.25, 0.3) is 0 Å². The van der Waals surface area contributed by atoms with Crippen LogP contribution in [0.4, 0.5) is 11.4 Å². The van der Waals surface area contributed by atoms with Gasteiger partial charge in [-0.15, -0.1) is 11.8 Å². The first-order valence-electron chi connectivity index (χ1n) is 9.52. The van der Waals surface area contributed by atoms with Crippen molar-refractivity contribution in [3.63, 3.8) is 0 Å². The second-order valence-electron chi connectivity index (χ2n) is 7.51. The summed E-state index contributed by atoms with van der Waals surface area (Å²) in [5, 5.41) is 5.66. The van der Waals surface area contributed by atoms with Gasteiger partial charge in [-0.25, -0.2) is 0 Å². The normalized spacial score (nSPS) is 15.2. The van der Waals surface area contributed by atoms with Crippen LogP contribution in [0.2, 0.25) is 5.02 Å². The molecule has 8 heteroatoms. The largest absolute Gasteiger partial charge is 0.336 e. The van der Waals surface area contributed by atoms with E-state index in [2.05, 4.69) is 10.6 Å². The maximum atomic E-state index is 12.6. The number of halogens is 1. The number of rotatable bonds is 5. The Hall–Kier alpha value is -2.51. The summed E-state index contributed by atoms with van der Waals surface area (Å²) >= 11 is 7.29. The van der Waals surface area contributed by atoms with Gasteiger partial charge in [0.05, 0.1) is 17.5 Å². The van der Waals surface area contributed by atoms with Crippen LogP contribution in [0.15, 0.2) is 35.2 Å². The molecule has 2 aromatic carbocycles. The molecule has 158 valence electrons. The Morgan fingerprint density at radius 3 is 2.50 bits per heavy atom. The summed E-state index contributed by atoms with van der Waals surface area (Å²) in [7, 11) is 1.57. The molecule has 0 radical (unpaired) electrons. The third-order valence-corrected chi connectivity index (χ3v) is 6.38. The summed E-state index contributed by atoms with van der Waals surface area (Å²) in [5.41, 5.74) is 4.50. The van der Waals surface area contributed by atoms with Crippen LogP contribution in [0.3, 0.4) is 0 Å². The fourth-order valence-electron chi connectivity index (χ4n) is 3.43. The number of carbonyl (C=O) groups is 3. The van der Waals surface area contributed by atoms with E-state index in [1.165, 1.54) is 16.7 Å². The summed E-state index contributed by atoms with van der Waals surface area (Å²) in [4.78, 5) is 39.7. The third-order valence-electron chi connectivity index (χ3n) is 4.87. The molecule has 3 rings (SSSR count). The van der Waals surface area contributed by atoms with Gasteiger partial charge in [0.2, 0.25) is 17.7 Å². The molecular weight excluding hydrogens is 422 g/mol. The molecule has 2 N–H and O–H groups in total. The van der Waals surface area contributed by atoms with Crippen molar-refractivity contribution in [1.29, 1.82) is 0 Å². The summed E-state index contributed by atoms with van der Waals surface area (Å²) in [6.07, 6.45) is 0.00489. The summed E-state index contributed by atoms with van der Waals surface area (Å²) < 4.78 is 0. The van der Waals surface area contributed by atoms with Crippen molar-refractivity contribution in [2.24, 2.45) is 0 Å². The number of nitrogens with zero attached hydrogens (tertiary/aromatic N) is 1. The first-order valence-corrected chi connectivity index (χ1v) is 10.8. The molecule has 6 nitrogen and oxygen atoms in total. The van der Waals surface area contributed by atoms with Crippen molar-refractivity contribution >= 4 is 52.5 Å². The van der Waals surface area contributed by atoms with Crippen molar-refractivity contribution in [3.05, 3.63) is 52.0 Å². The Bertz CT molecular complexity index is 1000. The number of fused-ring (bicyclic) bond motifs is 1. The molecule has 0 spiro atoms. The number of likely N-dealkylation sites (N-methyl/N-ethyl adjacent to an activating group) is 1. The molecular formula is C22H24ClN3O3S. The van der Waals surface area contributed by atoms with Gasteiger partial charge in [0.15, 0.2) is 0 Å². The molecule has 1 atom stereocenters. The SMILES string of the molecule is Cc1cc(C)c(NC(=O)CN(C)C(=O)CC2Sc3ccc(Cl)cc3NC2=O)c(C)c1. The van der Waals surface area contributed by atoms with Crippen LogP contribution in [0, 0.1) is 20.8 Å². The summed E-state index contributed by atoms with van der Waals surface area (Å²) in [6.45, 7) is 5.80. The Morgan fingerprint density at radius 2 is 1.83 bits per heavy atom. The van der Waals surface area contributed by atoms with E-state index in [1.807, 2.05) is 39.0 Å². The average Bonchev–Trinajstić information content (AvgIpc) is 2.65. The van der Waals surface area contributed by atoms with Crippen molar-refractivity contribution in [2.45, 2.75) is 37.3 Å². The van der Waals surface area contributed by atoms with Crippen LogP contribution >= 0.6 is 23.4 Å². The standard InChI is InChI=1S/C22H24ClN3O3S/c1-12-7-13(2)21(14(3)8-12)25-19(27)11-26(4)20(28)10-18-22(29)24-16-9-15(23)5-6-17(16)30-18/h5-9,18H,10-11H2,1-4H3,(H,24,29)(H,25,27). The highest BCUT2D eigenvalue weighted by atomic mass is 35.5. The van der Waals surface area contributed by atoms with Gasteiger partial charge in [-0.1, -0.05) is 29.3 Å². The maximum Gasteiger partial charge on any atom is 0.243 e. The molecule has 0 bridgehead atoms. The van der Waals surface area contributed by atoms with E-state index in [1.54, 1.807) is 19.2 Å². The van der Waals surface area contributed by atoms with E-state index in [0.29, 0.717) is 10.7 Å². The molecule has 1 aliphatic rings. The first-order chi connectivity index (χ1) is 14.1. The number of amides is 3. The molecule has 3 amide bonds. The minimum absolute atomic E-state index is 0.00489. The number of nitrogens with one attached hydrogen (secondary N) is 2. The Labute approximate surface area is 185 Å². The van der Waals surface area contributed by atoms with Crippen molar-refractivity contribution < 1.29 is 14.4 Å². The zero-order chi connectivity index (χ0) is 22.0. The van der Waals surface area contributed by atoms with Gasteiger partial charge in [-0.05, 0) is 50.1 Å². The highest BCUT2D eigenvalue weighted by Crippen LogP contribution is 2.38. The first kappa shape index (κ1) is 22.2. The van der Waals surface area contributed by atoms with Crippen molar-refractivity contribution in [2.75, 3.05) is 24.2 Å². The summed E-state index contributed by atoms with van der Waals surface area (Å²) in [5.74, 6) is -0.791. The van der Waals surface area contributed by atoms with Gasteiger partial charge in [-0.2, -0.15) is 0 Å². The quantitative estimate of drug-likeness (QED) is 0.724. The number of hydrogen-bond donors (Lipinski definition) is 2. The summed E-state index contributed by atoms with van der Waals surface area (Å²) in [6, 6.07) is 9.26. The van der Waals surface area contributed by atoms with E-state index in [0.717, 1.165) is 27.3 Å². The number of hydrogen-bond acceptors (Lipinski definition) is 4. The van der Waals surface area contributed by atoms with Gasteiger partial charge < -0.3 is 15.5 Å². The highest BCUT2D eigenvalue weighted by molar-refractivity contribution is 8.01. The van der Waals surface area contributed by atoms with Crippen molar-refractivity contribution in [3.8, 4) is 0 Å². The predicted molar refractivity (Wildman–Crippen MR) is 121 cm³/mol. The number of carbonyl (C=O) groups excluding carboxylic acids is 3. The molecule has 1 aliphatic heterocycles. The van der Waals surface area contributed by atoms with Crippen LogP contribution in [0.1, 0.15) is 23.1 Å². The number of thioether (sulfide) groups is 1. The fraction of sp³-hybridized carbons (Fsp3) is 0.318. The van der Waals surface area contributed by atoms with E-state index in [9.17, 15) is 14.4 Å². The molecule has 0 aromatic heterocycles. The van der Waals surface area contributed by atoms with Crippen LogP contribution in [0.5, 0.6) is 0 Å². The lowest BCUT2D eigenvalue weighted by atomic mass is 10.1. The van der Waals surface area contributed by atoms with Gasteiger partial charge in [-0.3, -0.25) is 14.4 Å². The lowest BCUT2D eigenvalue weighted by Gasteiger charge is -2.25. The molecule has 1 unspecified atom stereocenters. The third kappa shape index (κ3) is 5.15. The molecule has 0 saturated heterocycles. The zero-order valence-electron chi connectivity index (χ0n) is 17.3.